The van der Waals surface area contributed by atoms with Crippen LogP contribution < -0.4 is 10.4 Å². The van der Waals surface area contributed by atoms with E-state index in [0.29, 0.717) is 0 Å². The Balaban J connectivity index is 0.936. The van der Waals surface area contributed by atoms with Crippen molar-refractivity contribution < 1.29 is 0 Å². The number of allylic oxidation sites excluding steroid dienone is 1. The number of rotatable bonds is 4. The van der Waals surface area contributed by atoms with Crippen LogP contribution in [0.1, 0.15) is 23.2 Å². The Bertz CT molecular complexity index is 3530. The minimum Gasteiger partial charge on any atom is -0.313 e. The Morgan fingerprint density at radius 2 is 1.08 bits per heavy atom. The molecule has 0 saturated heterocycles. The average molecular weight is 755 g/mol. The molecule has 4 nitrogen and oxygen atoms in total. The van der Waals surface area contributed by atoms with Crippen molar-refractivity contribution in [3.8, 4) is 22.5 Å². The molecule has 2 aliphatic rings. The first-order chi connectivity index (χ1) is 29.3. The molecule has 11 aromatic rings. The molecule has 0 radical (unpaired) electrons. The standard InChI is InChI=1S/C55H38N4/c1-2-14-37(15-3-1)58-52-24-11-8-21-45(52)47-28-30-54-50(55(47)58)34-56-59(54)39-26-29-53-49(33-39)46-22-9-10-23-51(46)57(53)38-16-12-13-35(31-38)36-25-27-44-42-19-5-4-17-40(42)41-18-6-7-20-43(41)48(44)32-36/h1-9,11-22,24-33,56H,10,23,34H2. The second-order valence-electron chi connectivity index (χ2n) is 16.1. The van der Waals surface area contributed by atoms with Gasteiger partial charge >= 0.3 is 0 Å². The quantitative estimate of drug-likeness (QED) is 0.181. The first-order valence-electron chi connectivity index (χ1n) is 20.7. The lowest BCUT2D eigenvalue weighted by Gasteiger charge is -2.20. The summed E-state index contributed by atoms with van der Waals surface area (Å²) in [5.74, 6) is 0. The van der Waals surface area contributed by atoms with E-state index in [4.69, 9.17) is 0 Å². The Kier molecular flexibility index (Phi) is 6.95. The number of anilines is 2. The van der Waals surface area contributed by atoms with E-state index < -0.39 is 0 Å². The van der Waals surface area contributed by atoms with Crippen molar-refractivity contribution in [1.29, 1.82) is 0 Å². The second-order valence-corrected chi connectivity index (χ2v) is 16.1. The molecule has 3 heterocycles. The maximum atomic E-state index is 3.79. The molecule has 59 heavy (non-hydrogen) atoms. The molecule has 1 aliphatic heterocycles. The number of fused-ring (bicyclic) bond motifs is 14. The summed E-state index contributed by atoms with van der Waals surface area (Å²) in [6.07, 6.45) is 6.72. The van der Waals surface area contributed by atoms with Gasteiger partial charge in [0.15, 0.2) is 0 Å². The summed E-state index contributed by atoms with van der Waals surface area (Å²) in [6.45, 7) is 0.750. The Morgan fingerprint density at radius 3 is 1.90 bits per heavy atom. The highest BCUT2D eigenvalue weighted by molar-refractivity contribution is 6.25. The lowest BCUT2D eigenvalue weighted by Crippen LogP contribution is -2.26. The van der Waals surface area contributed by atoms with Gasteiger partial charge in [0, 0.05) is 50.9 Å². The van der Waals surface area contributed by atoms with Gasteiger partial charge in [-0.1, -0.05) is 127 Å². The van der Waals surface area contributed by atoms with Crippen LogP contribution in [0.25, 0.3) is 93.6 Å². The van der Waals surface area contributed by atoms with Gasteiger partial charge in [0.2, 0.25) is 0 Å². The number of benzene rings is 9. The normalized spacial score (nSPS) is 13.7. The summed E-state index contributed by atoms with van der Waals surface area (Å²) >= 11 is 0. The molecule has 0 atom stereocenters. The van der Waals surface area contributed by atoms with Crippen LogP contribution >= 0.6 is 0 Å². The maximum absolute atomic E-state index is 3.79. The van der Waals surface area contributed by atoms with E-state index in [9.17, 15) is 0 Å². The predicted octanol–water partition coefficient (Wildman–Crippen LogP) is 14.0. The zero-order valence-corrected chi connectivity index (χ0v) is 32.4. The zero-order valence-electron chi connectivity index (χ0n) is 32.4. The molecule has 0 spiro atoms. The summed E-state index contributed by atoms with van der Waals surface area (Å²) in [6, 6.07) is 65.0. The minimum absolute atomic E-state index is 0.750. The molecule has 13 rings (SSSR count). The zero-order chi connectivity index (χ0) is 38.6. The van der Waals surface area contributed by atoms with Gasteiger partial charge in [-0.3, -0.25) is 5.01 Å². The van der Waals surface area contributed by atoms with Gasteiger partial charge in [0.25, 0.3) is 0 Å². The Morgan fingerprint density at radius 1 is 0.424 bits per heavy atom. The van der Waals surface area contributed by atoms with Crippen LogP contribution in [0, 0.1) is 0 Å². The summed E-state index contributed by atoms with van der Waals surface area (Å²) in [5, 5.41) is 13.9. The van der Waals surface area contributed by atoms with Gasteiger partial charge in [-0.15, -0.1) is 0 Å². The lowest BCUT2D eigenvalue weighted by molar-refractivity contribution is 0.766. The molecular formula is C55H38N4. The molecule has 0 amide bonds. The number of nitrogens with one attached hydrogen (secondary N) is 1. The van der Waals surface area contributed by atoms with Crippen LogP contribution in [0.5, 0.6) is 0 Å². The van der Waals surface area contributed by atoms with Gasteiger partial charge in [-0.05, 0) is 117 Å². The molecule has 2 aromatic heterocycles. The van der Waals surface area contributed by atoms with Crippen LogP contribution in [-0.2, 0) is 13.0 Å². The van der Waals surface area contributed by atoms with Gasteiger partial charge in [0.1, 0.15) is 0 Å². The molecule has 0 saturated carbocycles. The molecular weight excluding hydrogens is 717 g/mol. The van der Waals surface area contributed by atoms with Crippen molar-refractivity contribution in [2.45, 2.75) is 19.4 Å². The third-order valence-corrected chi connectivity index (χ3v) is 13.0. The molecule has 0 bridgehead atoms. The van der Waals surface area contributed by atoms with Gasteiger partial charge in [-0.25, -0.2) is 5.43 Å². The summed E-state index contributed by atoms with van der Waals surface area (Å²) < 4.78 is 4.95. The highest BCUT2D eigenvalue weighted by Gasteiger charge is 2.28. The van der Waals surface area contributed by atoms with Crippen LogP contribution in [0.2, 0.25) is 0 Å². The predicted molar refractivity (Wildman–Crippen MR) is 248 cm³/mol. The third kappa shape index (κ3) is 4.75. The number of hydrazine groups is 1. The van der Waals surface area contributed by atoms with Gasteiger partial charge in [0.05, 0.1) is 27.9 Å². The van der Waals surface area contributed by atoms with Crippen molar-refractivity contribution in [2.24, 2.45) is 0 Å². The van der Waals surface area contributed by atoms with E-state index >= 15 is 0 Å². The molecule has 9 aromatic carbocycles. The number of hydrogen-bond donors (Lipinski definition) is 1. The smallest absolute Gasteiger partial charge is 0.0645 e. The molecule has 0 fully saturated rings. The number of aromatic nitrogens is 2. The summed E-state index contributed by atoms with van der Waals surface area (Å²) in [4.78, 5) is 0. The van der Waals surface area contributed by atoms with Crippen molar-refractivity contribution in [3.63, 3.8) is 0 Å². The fraction of sp³-hybridized carbons (Fsp3) is 0.0545. The van der Waals surface area contributed by atoms with Gasteiger partial charge in [-0.2, -0.15) is 0 Å². The van der Waals surface area contributed by atoms with Crippen molar-refractivity contribution >= 4 is 82.5 Å². The fourth-order valence-corrected chi connectivity index (χ4v) is 10.4. The van der Waals surface area contributed by atoms with Crippen molar-refractivity contribution in [2.75, 3.05) is 5.01 Å². The highest BCUT2D eigenvalue weighted by Crippen LogP contribution is 2.44. The molecule has 1 N–H and O–H groups in total. The van der Waals surface area contributed by atoms with E-state index in [2.05, 4.69) is 208 Å². The topological polar surface area (TPSA) is 25.1 Å². The number of para-hydroxylation sites is 2. The van der Waals surface area contributed by atoms with E-state index in [1.807, 2.05) is 0 Å². The largest absolute Gasteiger partial charge is 0.313 e. The van der Waals surface area contributed by atoms with Crippen LogP contribution in [-0.4, -0.2) is 9.13 Å². The molecule has 278 valence electrons. The first kappa shape index (κ1) is 32.7. The van der Waals surface area contributed by atoms with E-state index in [1.54, 1.807) is 0 Å². The number of hydrogen-bond acceptors (Lipinski definition) is 2. The Hall–Kier alpha value is -7.40. The fourth-order valence-electron chi connectivity index (χ4n) is 10.4. The highest BCUT2D eigenvalue weighted by atomic mass is 15.5. The average Bonchev–Trinajstić information content (AvgIpc) is 3.99. The third-order valence-electron chi connectivity index (χ3n) is 13.0. The van der Waals surface area contributed by atoms with Crippen molar-refractivity contribution in [3.05, 3.63) is 199 Å². The number of nitrogens with zero attached hydrogens (tertiary/aromatic N) is 3. The van der Waals surface area contributed by atoms with Crippen LogP contribution in [0.3, 0.4) is 0 Å². The molecule has 1 aliphatic carbocycles. The second kappa shape index (κ2) is 12.5. The monoisotopic (exact) mass is 754 g/mol. The van der Waals surface area contributed by atoms with E-state index in [1.165, 1.54) is 110 Å². The first-order valence-corrected chi connectivity index (χ1v) is 20.7. The van der Waals surface area contributed by atoms with Gasteiger partial charge < -0.3 is 9.13 Å². The van der Waals surface area contributed by atoms with Crippen molar-refractivity contribution in [1.82, 2.24) is 14.6 Å². The maximum Gasteiger partial charge on any atom is 0.0645 e. The Labute approximate surface area is 341 Å². The lowest BCUT2D eigenvalue weighted by atomic mass is 9.92. The van der Waals surface area contributed by atoms with E-state index in [-0.39, 0.29) is 0 Å². The molecule has 4 heteroatoms. The van der Waals surface area contributed by atoms with Crippen LogP contribution in [0.4, 0.5) is 11.4 Å². The SMILES string of the molecule is C1=Cc2c(n(-c3cccc(-c4ccc5c6ccccc6c6ccccc6c5c4)c3)c3ccc(N4NCc5c4ccc4c6ccccc6n(-c6ccccc6)c54)cc23)CC1. The summed E-state index contributed by atoms with van der Waals surface area (Å²) in [5.41, 5.74) is 18.7. The van der Waals surface area contributed by atoms with Crippen LogP contribution in [0.15, 0.2) is 182 Å². The minimum atomic E-state index is 0.750. The molecule has 0 unspecified atom stereocenters. The summed E-state index contributed by atoms with van der Waals surface area (Å²) in [7, 11) is 0. The van der Waals surface area contributed by atoms with E-state index in [0.717, 1.165) is 25.1 Å².